The van der Waals surface area contributed by atoms with E-state index in [1.807, 2.05) is 12.1 Å². The van der Waals surface area contributed by atoms with Crippen molar-refractivity contribution in [1.82, 2.24) is 5.32 Å². The molecule has 76 valence electrons. The summed E-state index contributed by atoms with van der Waals surface area (Å²) in [7, 11) is 0. The van der Waals surface area contributed by atoms with Crippen LogP contribution in [0.1, 0.15) is 24.5 Å². The highest BCUT2D eigenvalue weighted by molar-refractivity contribution is 5.11. The first-order valence-corrected chi connectivity index (χ1v) is 4.77. The molecule has 0 amide bonds. The molecule has 0 fully saturated rings. The standard InChI is InChI=1S/C11H16N2O/c1-3-7-13-10(8-12)11-6-5-9(4-2)14-11/h1,5-6,10,13H,4,7-8,12H2,2H3. The molecule has 0 saturated carbocycles. The normalized spacial score (nSPS) is 12.4. The molecule has 3 nitrogen and oxygen atoms in total. The number of rotatable bonds is 5. The Labute approximate surface area is 84.7 Å². The predicted octanol–water partition coefficient (Wildman–Crippen LogP) is 1.06. The van der Waals surface area contributed by atoms with E-state index in [2.05, 4.69) is 18.2 Å². The largest absolute Gasteiger partial charge is 0.464 e. The van der Waals surface area contributed by atoms with E-state index in [1.54, 1.807) is 0 Å². The number of hydrogen-bond acceptors (Lipinski definition) is 3. The van der Waals surface area contributed by atoms with Crippen molar-refractivity contribution in [2.75, 3.05) is 13.1 Å². The second-order valence-electron chi connectivity index (χ2n) is 3.03. The molecule has 0 radical (unpaired) electrons. The molecule has 1 atom stereocenters. The fourth-order valence-corrected chi connectivity index (χ4v) is 1.25. The van der Waals surface area contributed by atoms with Gasteiger partial charge in [0, 0.05) is 13.0 Å². The van der Waals surface area contributed by atoms with Gasteiger partial charge in [0.2, 0.25) is 0 Å². The molecule has 0 spiro atoms. The first kappa shape index (κ1) is 10.8. The van der Waals surface area contributed by atoms with Crippen LogP contribution in [0.3, 0.4) is 0 Å². The van der Waals surface area contributed by atoms with Gasteiger partial charge in [-0.15, -0.1) is 6.42 Å². The van der Waals surface area contributed by atoms with Crippen molar-refractivity contribution in [3.63, 3.8) is 0 Å². The highest BCUT2D eigenvalue weighted by atomic mass is 16.3. The minimum absolute atomic E-state index is 0.0198. The lowest BCUT2D eigenvalue weighted by Gasteiger charge is -2.11. The van der Waals surface area contributed by atoms with E-state index < -0.39 is 0 Å². The Morgan fingerprint density at radius 3 is 2.93 bits per heavy atom. The average Bonchev–Trinajstić information content (AvgIpc) is 2.68. The molecule has 14 heavy (non-hydrogen) atoms. The summed E-state index contributed by atoms with van der Waals surface area (Å²) in [6.07, 6.45) is 6.05. The SMILES string of the molecule is C#CCNC(CN)c1ccc(CC)o1. The van der Waals surface area contributed by atoms with Crippen molar-refractivity contribution in [1.29, 1.82) is 0 Å². The Kier molecular flexibility index (Phi) is 4.24. The van der Waals surface area contributed by atoms with Crippen LogP contribution >= 0.6 is 0 Å². The first-order chi connectivity index (χ1) is 6.81. The molecule has 0 saturated heterocycles. The molecule has 3 heteroatoms. The van der Waals surface area contributed by atoms with Crippen LogP contribution in [0, 0.1) is 12.3 Å². The van der Waals surface area contributed by atoms with Crippen molar-refractivity contribution in [2.24, 2.45) is 5.73 Å². The van der Waals surface area contributed by atoms with E-state index in [-0.39, 0.29) is 6.04 Å². The molecule has 1 rings (SSSR count). The van der Waals surface area contributed by atoms with Crippen LogP contribution in [0.15, 0.2) is 16.5 Å². The summed E-state index contributed by atoms with van der Waals surface area (Å²) < 4.78 is 5.57. The van der Waals surface area contributed by atoms with E-state index in [1.165, 1.54) is 0 Å². The topological polar surface area (TPSA) is 51.2 Å². The minimum atomic E-state index is 0.0198. The van der Waals surface area contributed by atoms with Gasteiger partial charge < -0.3 is 10.2 Å². The highest BCUT2D eigenvalue weighted by Gasteiger charge is 2.12. The monoisotopic (exact) mass is 192 g/mol. The van der Waals surface area contributed by atoms with Crippen LogP contribution in [0.2, 0.25) is 0 Å². The van der Waals surface area contributed by atoms with Gasteiger partial charge in [-0.2, -0.15) is 0 Å². The molecule has 0 aliphatic rings. The van der Waals surface area contributed by atoms with E-state index in [4.69, 9.17) is 16.6 Å². The molecule has 0 aromatic carbocycles. The van der Waals surface area contributed by atoms with Gasteiger partial charge in [-0.3, -0.25) is 5.32 Å². The van der Waals surface area contributed by atoms with E-state index >= 15 is 0 Å². The van der Waals surface area contributed by atoms with Gasteiger partial charge in [-0.05, 0) is 12.1 Å². The predicted molar refractivity (Wildman–Crippen MR) is 56.7 cm³/mol. The Morgan fingerprint density at radius 1 is 1.64 bits per heavy atom. The maximum atomic E-state index is 5.61. The molecular weight excluding hydrogens is 176 g/mol. The third-order valence-corrected chi connectivity index (χ3v) is 2.06. The zero-order chi connectivity index (χ0) is 10.4. The summed E-state index contributed by atoms with van der Waals surface area (Å²) >= 11 is 0. The summed E-state index contributed by atoms with van der Waals surface area (Å²) in [5.41, 5.74) is 5.61. The van der Waals surface area contributed by atoms with Gasteiger partial charge in [-0.25, -0.2) is 0 Å². The van der Waals surface area contributed by atoms with Crippen LogP contribution in [0.5, 0.6) is 0 Å². The molecule has 0 aliphatic heterocycles. The summed E-state index contributed by atoms with van der Waals surface area (Å²) in [6, 6.07) is 3.93. The van der Waals surface area contributed by atoms with Gasteiger partial charge in [0.1, 0.15) is 11.5 Å². The average molecular weight is 192 g/mol. The molecule has 1 heterocycles. The Morgan fingerprint density at radius 2 is 2.43 bits per heavy atom. The summed E-state index contributed by atoms with van der Waals surface area (Å²) in [4.78, 5) is 0. The number of hydrogen-bond donors (Lipinski definition) is 2. The number of furan rings is 1. The van der Waals surface area contributed by atoms with Crippen molar-refractivity contribution >= 4 is 0 Å². The van der Waals surface area contributed by atoms with Crippen LogP contribution in [-0.2, 0) is 6.42 Å². The summed E-state index contributed by atoms with van der Waals surface area (Å²) in [6.45, 7) is 3.04. The second-order valence-corrected chi connectivity index (χ2v) is 3.03. The van der Waals surface area contributed by atoms with Crippen LogP contribution in [0.25, 0.3) is 0 Å². The molecule has 1 aromatic rings. The van der Waals surface area contributed by atoms with Crippen molar-refractivity contribution in [3.8, 4) is 12.3 Å². The maximum absolute atomic E-state index is 5.61. The van der Waals surface area contributed by atoms with Gasteiger partial charge in [0.15, 0.2) is 0 Å². The summed E-state index contributed by atoms with van der Waals surface area (Å²) in [5, 5.41) is 3.12. The summed E-state index contributed by atoms with van der Waals surface area (Å²) in [5.74, 6) is 4.35. The maximum Gasteiger partial charge on any atom is 0.122 e. The quantitative estimate of drug-likeness (QED) is 0.686. The lowest BCUT2D eigenvalue weighted by Crippen LogP contribution is -2.28. The van der Waals surface area contributed by atoms with Crippen molar-refractivity contribution < 1.29 is 4.42 Å². The fourth-order valence-electron chi connectivity index (χ4n) is 1.25. The number of aryl methyl sites for hydroxylation is 1. The van der Waals surface area contributed by atoms with E-state index in [9.17, 15) is 0 Å². The fraction of sp³-hybridized carbons (Fsp3) is 0.455. The van der Waals surface area contributed by atoms with Crippen LogP contribution in [-0.4, -0.2) is 13.1 Å². The third-order valence-electron chi connectivity index (χ3n) is 2.06. The highest BCUT2D eigenvalue weighted by Crippen LogP contribution is 2.15. The Balaban J connectivity index is 2.64. The molecule has 3 N–H and O–H groups in total. The molecular formula is C11H16N2O. The number of nitrogens with two attached hydrogens (primary N) is 1. The number of terminal acetylenes is 1. The smallest absolute Gasteiger partial charge is 0.122 e. The first-order valence-electron chi connectivity index (χ1n) is 4.77. The van der Waals surface area contributed by atoms with Gasteiger partial charge in [-0.1, -0.05) is 12.8 Å². The Hall–Kier alpha value is -1.24. The van der Waals surface area contributed by atoms with Gasteiger partial charge >= 0.3 is 0 Å². The molecule has 0 bridgehead atoms. The Bertz CT molecular complexity index is 311. The third kappa shape index (κ3) is 2.63. The van der Waals surface area contributed by atoms with Crippen molar-refractivity contribution in [3.05, 3.63) is 23.7 Å². The van der Waals surface area contributed by atoms with Gasteiger partial charge in [0.25, 0.3) is 0 Å². The molecule has 1 unspecified atom stereocenters. The minimum Gasteiger partial charge on any atom is -0.464 e. The van der Waals surface area contributed by atoms with Gasteiger partial charge in [0.05, 0.1) is 12.6 Å². The lowest BCUT2D eigenvalue weighted by atomic mass is 10.2. The van der Waals surface area contributed by atoms with Crippen molar-refractivity contribution in [2.45, 2.75) is 19.4 Å². The number of nitrogens with one attached hydrogen (secondary N) is 1. The second kappa shape index (κ2) is 5.48. The zero-order valence-corrected chi connectivity index (χ0v) is 8.42. The molecule has 1 aromatic heterocycles. The lowest BCUT2D eigenvalue weighted by molar-refractivity contribution is 0.407. The van der Waals surface area contributed by atoms with Crippen LogP contribution < -0.4 is 11.1 Å². The zero-order valence-electron chi connectivity index (χ0n) is 8.42. The van der Waals surface area contributed by atoms with E-state index in [0.717, 1.165) is 17.9 Å². The van der Waals surface area contributed by atoms with Crippen LogP contribution in [0.4, 0.5) is 0 Å². The van der Waals surface area contributed by atoms with E-state index in [0.29, 0.717) is 13.1 Å². The molecule has 0 aliphatic carbocycles.